The zero-order chi connectivity index (χ0) is 10.9. The van der Waals surface area contributed by atoms with E-state index in [0.29, 0.717) is 0 Å². The van der Waals surface area contributed by atoms with Gasteiger partial charge in [0, 0.05) is 23.1 Å². The molecule has 0 saturated heterocycles. The summed E-state index contributed by atoms with van der Waals surface area (Å²) in [6, 6.07) is 8.49. The second-order valence-corrected chi connectivity index (χ2v) is 4.37. The van der Waals surface area contributed by atoms with E-state index in [1.807, 2.05) is 6.92 Å². The van der Waals surface area contributed by atoms with Gasteiger partial charge < -0.3 is 10.1 Å². The number of benzene rings is 1. The van der Waals surface area contributed by atoms with Gasteiger partial charge in [0.2, 0.25) is 0 Å². The number of ether oxygens (including phenoxy) is 1. The molecular weight excluding hydrogens is 254 g/mol. The number of hydrogen-bond acceptors (Lipinski definition) is 1. The van der Waals surface area contributed by atoms with Crippen LogP contribution in [0.2, 0.25) is 0 Å². The van der Waals surface area contributed by atoms with Crippen LogP contribution >= 0.6 is 15.9 Å². The maximum atomic E-state index is 5.28. The van der Waals surface area contributed by atoms with Crippen LogP contribution in [0.25, 0.3) is 0 Å². The van der Waals surface area contributed by atoms with Crippen molar-refractivity contribution in [2.24, 2.45) is 0 Å². The lowest BCUT2D eigenvalue weighted by molar-refractivity contribution is -0.671. The first kappa shape index (κ1) is 12.7. The predicted octanol–water partition coefficient (Wildman–Crippen LogP) is 1.94. The maximum Gasteiger partial charge on any atom is 0.101 e. The van der Waals surface area contributed by atoms with Gasteiger partial charge in [-0.15, -0.1) is 0 Å². The van der Waals surface area contributed by atoms with Crippen LogP contribution in [0.15, 0.2) is 28.7 Å². The molecule has 0 spiro atoms. The second kappa shape index (κ2) is 7.85. The first-order valence-electron chi connectivity index (χ1n) is 5.46. The van der Waals surface area contributed by atoms with Gasteiger partial charge in [0.25, 0.3) is 0 Å². The summed E-state index contributed by atoms with van der Waals surface area (Å²) in [7, 11) is 0. The fraction of sp³-hybridized carbons (Fsp3) is 0.500. The normalized spacial score (nSPS) is 10.5. The molecule has 0 bridgehead atoms. The monoisotopic (exact) mass is 272 g/mol. The summed E-state index contributed by atoms with van der Waals surface area (Å²) in [5.41, 5.74) is 1.37. The molecule has 3 heteroatoms. The van der Waals surface area contributed by atoms with Gasteiger partial charge in [-0.3, -0.25) is 0 Å². The van der Waals surface area contributed by atoms with Crippen LogP contribution in [-0.4, -0.2) is 19.8 Å². The van der Waals surface area contributed by atoms with Gasteiger partial charge in [-0.05, 0) is 19.1 Å². The van der Waals surface area contributed by atoms with Gasteiger partial charge in [-0.2, -0.15) is 0 Å². The van der Waals surface area contributed by atoms with E-state index in [1.54, 1.807) is 0 Å². The number of quaternary nitrogens is 1. The minimum absolute atomic E-state index is 0.826. The van der Waals surface area contributed by atoms with Crippen molar-refractivity contribution < 1.29 is 10.1 Å². The predicted molar refractivity (Wildman–Crippen MR) is 65.7 cm³/mol. The summed E-state index contributed by atoms with van der Waals surface area (Å²) in [5.74, 6) is 0. The SMILES string of the molecule is CCOCCC[NH2+]Cc1ccc(Br)cc1. The Morgan fingerprint density at radius 2 is 2.00 bits per heavy atom. The lowest BCUT2D eigenvalue weighted by Gasteiger charge is -2.02. The summed E-state index contributed by atoms with van der Waals surface area (Å²) in [5, 5.41) is 2.32. The summed E-state index contributed by atoms with van der Waals surface area (Å²) < 4.78 is 6.42. The average Bonchev–Trinajstić information content (AvgIpc) is 2.26. The topological polar surface area (TPSA) is 25.8 Å². The lowest BCUT2D eigenvalue weighted by atomic mass is 10.2. The van der Waals surface area contributed by atoms with Gasteiger partial charge >= 0.3 is 0 Å². The van der Waals surface area contributed by atoms with Crippen LogP contribution in [0.5, 0.6) is 0 Å². The Bertz CT molecular complexity index is 261. The zero-order valence-electron chi connectivity index (χ0n) is 9.21. The standard InChI is InChI=1S/C12H18BrNO/c1-2-15-9-3-8-14-10-11-4-6-12(13)7-5-11/h4-7,14H,2-3,8-10H2,1H3/p+1. The van der Waals surface area contributed by atoms with E-state index in [0.717, 1.165) is 37.2 Å². The van der Waals surface area contributed by atoms with E-state index in [-0.39, 0.29) is 0 Å². The zero-order valence-corrected chi connectivity index (χ0v) is 10.8. The third-order valence-electron chi connectivity index (χ3n) is 2.19. The minimum Gasteiger partial charge on any atom is -0.382 e. The number of rotatable bonds is 7. The van der Waals surface area contributed by atoms with Crippen molar-refractivity contribution in [1.29, 1.82) is 0 Å². The molecule has 0 aliphatic carbocycles. The van der Waals surface area contributed by atoms with Gasteiger partial charge in [0.05, 0.1) is 13.2 Å². The van der Waals surface area contributed by atoms with Gasteiger partial charge in [0.1, 0.15) is 6.54 Å². The molecule has 0 unspecified atom stereocenters. The highest BCUT2D eigenvalue weighted by molar-refractivity contribution is 9.10. The van der Waals surface area contributed by atoms with Crippen molar-refractivity contribution in [2.45, 2.75) is 19.9 Å². The molecule has 0 radical (unpaired) electrons. The summed E-state index contributed by atoms with van der Waals surface area (Å²) in [6.45, 7) is 5.93. The minimum atomic E-state index is 0.826. The van der Waals surface area contributed by atoms with Crippen LogP contribution in [0.3, 0.4) is 0 Å². The van der Waals surface area contributed by atoms with E-state index < -0.39 is 0 Å². The molecule has 0 fully saturated rings. The molecule has 0 aromatic heterocycles. The second-order valence-electron chi connectivity index (χ2n) is 3.46. The van der Waals surface area contributed by atoms with Crippen molar-refractivity contribution in [2.75, 3.05) is 19.8 Å². The van der Waals surface area contributed by atoms with Crippen molar-refractivity contribution in [1.82, 2.24) is 0 Å². The lowest BCUT2D eigenvalue weighted by Crippen LogP contribution is -2.82. The molecule has 0 atom stereocenters. The van der Waals surface area contributed by atoms with Crippen molar-refractivity contribution >= 4 is 15.9 Å². The van der Waals surface area contributed by atoms with Gasteiger partial charge in [0.15, 0.2) is 0 Å². The molecule has 0 heterocycles. The Morgan fingerprint density at radius 1 is 1.27 bits per heavy atom. The largest absolute Gasteiger partial charge is 0.382 e. The van der Waals surface area contributed by atoms with Crippen LogP contribution in [0.4, 0.5) is 0 Å². The molecule has 0 aliphatic heterocycles. The third-order valence-corrected chi connectivity index (χ3v) is 2.72. The molecule has 2 nitrogen and oxygen atoms in total. The molecule has 0 amide bonds. The van der Waals surface area contributed by atoms with Crippen LogP contribution in [-0.2, 0) is 11.3 Å². The fourth-order valence-electron chi connectivity index (χ4n) is 1.36. The van der Waals surface area contributed by atoms with E-state index in [2.05, 4.69) is 45.5 Å². The molecule has 84 valence electrons. The molecule has 1 aromatic rings. The number of hydrogen-bond donors (Lipinski definition) is 1. The Labute approximate surface area is 100 Å². The Balaban J connectivity index is 2.07. The first-order chi connectivity index (χ1) is 7.33. The smallest absolute Gasteiger partial charge is 0.101 e. The quantitative estimate of drug-likeness (QED) is 0.755. The fourth-order valence-corrected chi connectivity index (χ4v) is 1.63. The van der Waals surface area contributed by atoms with Gasteiger partial charge in [-0.1, -0.05) is 28.1 Å². The van der Waals surface area contributed by atoms with E-state index in [1.165, 1.54) is 5.56 Å². The molecule has 1 rings (SSSR count). The van der Waals surface area contributed by atoms with Crippen molar-refractivity contribution in [3.63, 3.8) is 0 Å². The van der Waals surface area contributed by atoms with E-state index in [9.17, 15) is 0 Å². The van der Waals surface area contributed by atoms with Crippen LogP contribution in [0, 0.1) is 0 Å². The van der Waals surface area contributed by atoms with Crippen LogP contribution < -0.4 is 5.32 Å². The molecule has 15 heavy (non-hydrogen) atoms. The van der Waals surface area contributed by atoms with Gasteiger partial charge in [-0.25, -0.2) is 0 Å². The number of halogens is 1. The third kappa shape index (κ3) is 5.92. The molecule has 1 aromatic carbocycles. The summed E-state index contributed by atoms with van der Waals surface area (Å²) in [4.78, 5) is 0. The Hall–Kier alpha value is -0.380. The summed E-state index contributed by atoms with van der Waals surface area (Å²) in [6.07, 6.45) is 1.13. The first-order valence-corrected chi connectivity index (χ1v) is 6.26. The highest BCUT2D eigenvalue weighted by atomic mass is 79.9. The maximum absolute atomic E-state index is 5.28. The summed E-state index contributed by atoms with van der Waals surface area (Å²) >= 11 is 3.43. The molecular formula is C12H19BrNO+. The average molecular weight is 273 g/mol. The Morgan fingerprint density at radius 3 is 2.67 bits per heavy atom. The molecule has 0 saturated carbocycles. The Kier molecular flexibility index (Phi) is 6.64. The van der Waals surface area contributed by atoms with Crippen molar-refractivity contribution in [3.8, 4) is 0 Å². The highest BCUT2D eigenvalue weighted by Gasteiger charge is 1.95. The highest BCUT2D eigenvalue weighted by Crippen LogP contribution is 2.09. The molecule has 2 N–H and O–H groups in total. The van der Waals surface area contributed by atoms with Crippen LogP contribution in [0.1, 0.15) is 18.9 Å². The van der Waals surface area contributed by atoms with Crippen molar-refractivity contribution in [3.05, 3.63) is 34.3 Å². The van der Waals surface area contributed by atoms with E-state index in [4.69, 9.17) is 4.74 Å². The number of nitrogens with two attached hydrogens (primary N) is 1. The molecule has 0 aliphatic rings. The van der Waals surface area contributed by atoms with E-state index >= 15 is 0 Å².